The van der Waals surface area contributed by atoms with Gasteiger partial charge in [-0.2, -0.15) is 0 Å². The van der Waals surface area contributed by atoms with Crippen molar-refractivity contribution in [3.8, 4) is 0 Å². The highest BCUT2D eigenvalue weighted by Gasteiger charge is 2.73. The van der Waals surface area contributed by atoms with Crippen LogP contribution in [0.3, 0.4) is 0 Å². The molecule has 14 atom stereocenters. The minimum atomic E-state index is -0.342. The molecule has 2 N–H and O–H groups in total. The van der Waals surface area contributed by atoms with Crippen molar-refractivity contribution in [2.75, 3.05) is 32.8 Å². The summed E-state index contributed by atoms with van der Waals surface area (Å²) in [5.74, 6) is 4.63. The van der Waals surface area contributed by atoms with Crippen LogP contribution in [0.5, 0.6) is 0 Å². The number of hydrogen-bond acceptors (Lipinski definition) is 5. The highest BCUT2D eigenvalue weighted by atomic mass is 16.7. The summed E-state index contributed by atoms with van der Waals surface area (Å²) in [7, 11) is 0. The molecule has 7 nitrogen and oxygen atoms in total. The number of fused-ring (bicyclic) bond motifs is 8. The minimum Gasteiger partial charge on any atom is -0.353 e. The summed E-state index contributed by atoms with van der Waals surface area (Å²) in [6, 6.07) is 0.214. The Morgan fingerprint density at radius 3 is 2.41 bits per heavy atom. The molecule has 4 heterocycles. The Labute approximate surface area is 265 Å². The van der Waals surface area contributed by atoms with E-state index < -0.39 is 0 Å². The van der Waals surface area contributed by atoms with Gasteiger partial charge in [-0.15, -0.1) is 0 Å². The molecule has 7 heteroatoms. The van der Waals surface area contributed by atoms with Gasteiger partial charge >= 0.3 is 0 Å². The summed E-state index contributed by atoms with van der Waals surface area (Å²) in [6.45, 7) is 17.2. The molecule has 0 bridgehead atoms. The predicted molar refractivity (Wildman–Crippen MR) is 169 cm³/mol. The first-order valence-electron chi connectivity index (χ1n) is 18.6. The number of hydrogen-bond donors (Lipinski definition) is 2. The van der Waals surface area contributed by atoms with Crippen molar-refractivity contribution >= 4 is 11.8 Å². The second-order valence-electron chi connectivity index (χ2n) is 18.0. The van der Waals surface area contributed by atoms with E-state index in [1.54, 1.807) is 0 Å². The molecule has 4 saturated carbocycles. The molecular weight excluding hydrogens is 550 g/mol. The molecule has 2 amide bonds. The summed E-state index contributed by atoms with van der Waals surface area (Å²) < 4.78 is 13.6. The van der Waals surface area contributed by atoms with Gasteiger partial charge < -0.3 is 25.0 Å². The van der Waals surface area contributed by atoms with Crippen molar-refractivity contribution in [3.63, 3.8) is 0 Å². The van der Waals surface area contributed by atoms with Gasteiger partial charge in [0.05, 0.1) is 12.7 Å². The van der Waals surface area contributed by atoms with E-state index in [1.165, 1.54) is 44.9 Å². The third-order valence-electron chi connectivity index (χ3n) is 16.2. The quantitative estimate of drug-likeness (QED) is 0.421. The zero-order chi connectivity index (χ0) is 30.6. The van der Waals surface area contributed by atoms with E-state index in [2.05, 4.69) is 45.3 Å². The van der Waals surface area contributed by atoms with Crippen molar-refractivity contribution in [3.05, 3.63) is 0 Å². The smallest absolute Gasteiger partial charge is 0.232 e. The first-order chi connectivity index (χ1) is 21.0. The maximum absolute atomic E-state index is 13.1. The van der Waals surface area contributed by atoms with E-state index in [9.17, 15) is 9.59 Å². The van der Waals surface area contributed by atoms with Gasteiger partial charge in [0.25, 0.3) is 0 Å². The van der Waals surface area contributed by atoms with Gasteiger partial charge in [0, 0.05) is 44.6 Å². The number of carbonyl (C=O) groups is 2. The fraction of sp³-hybridized carbons (Fsp3) is 0.946. The van der Waals surface area contributed by atoms with E-state index in [4.69, 9.17) is 9.47 Å². The Hall–Kier alpha value is -1.18. The van der Waals surface area contributed by atoms with Crippen molar-refractivity contribution in [2.45, 2.75) is 123 Å². The van der Waals surface area contributed by atoms with E-state index in [1.807, 2.05) is 4.90 Å². The van der Waals surface area contributed by atoms with Crippen LogP contribution in [0.4, 0.5) is 0 Å². The third kappa shape index (κ3) is 4.29. The highest BCUT2D eigenvalue weighted by Crippen LogP contribution is 2.76. The molecule has 1 spiro atoms. The van der Waals surface area contributed by atoms with E-state index in [-0.39, 0.29) is 30.1 Å². The summed E-state index contributed by atoms with van der Waals surface area (Å²) in [6.07, 6.45) is 12.4. The highest BCUT2D eigenvalue weighted by molar-refractivity contribution is 5.97. The van der Waals surface area contributed by atoms with Gasteiger partial charge in [0.15, 0.2) is 5.79 Å². The number of carbonyl (C=O) groups excluding carboxylic acids is 2. The maximum Gasteiger partial charge on any atom is 0.232 e. The lowest BCUT2D eigenvalue weighted by molar-refractivity contribution is -0.276. The fourth-order valence-electron chi connectivity index (χ4n) is 13.4. The normalized spacial score (nSPS) is 54.3. The molecule has 44 heavy (non-hydrogen) atoms. The molecule has 0 aromatic heterocycles. The average Bonchev–Trinajstić information content (AvgIpc) is 3.70. The topological polar surface area (TPSA) is 79.9 Å². The van der Waals surface area contributed by atoms with Crippen LogP contribution in [-0.2, 0) is 19.1 Å². The van der Waals surface area contributed by atoms with Gasteiger partial charge in [0.2, 0.25) is 11.8 Å². The second-order valence-corrected chi connectivity index (χ2v) is 18.0. The van der Waals surface area contributed by atoms with Crippen LogP contribution in [0.25, 0.3) is 0 Å². The fourth-order valence-corrected chi connectivity index (χ4v) is 13.4. The molecular formula is C37H59N3O4. The monoisotopic (exact) mass is 609 g/mol. The van der Waals surface area contributed by atoms with Crippen LogP contribution in [0.1, 0.15) is 105 Å². The molecule has 4 saturated heterocycles. The van der Waals surface area contributed by atoms with Crippen LogP contribution in [0, 0.1) is 63.6 Å². The molecule has 8 fully saturated rings. The largest absolute Gasteiger partial charge is 0.353 e. The van der Waals surface area contributed by atoms with Crippen LogP contribution in [0.2, 0.25) is 0 Å². The number of likely N-dealkylation sites (tertiary alicyclic amines) is 1. The number of nitrogens with one attached hydrogen (secondary N) is 2. The van der Waals surface area contributed by atoms with Crippen molar-refractivity contribution < 1.29 is 19.1 Å². The van der Waals surface area contributed by atoms with Gasteiger partial charge in [0.1, 0.15) is 6.42 Å². The third-order valence-corrected chi connectivity index (χ3v) is 16.2. The molecule has 0 aromatic carbocycles. The van der Waals surface area contributed by atoms with E-state index >= 15 is 0 Å². The summed E-state index contributed by atoms with van der Waals surface area (Å²) in [5.41, 5.74) is 0.964. The molecule has 4 aliphatic carbocycles. The Balaban J connectivity index is 0.909. The predicted octanol–water partition coefficient (Wildman–Crippen LogP) is 5.38. The molecule has 8 aliphatic rings. The number of amides is 2. The Bertz CT molecular complexity index is 1160. The van der Waals surface area contributed by atoms with Gasteiger partial charge in [-0.3, -0.25) is 9.59 Å². The molecule has 8 rings (SSSR count). The van der Waals surface area contributed by atoms with Gasteiger partial charge in [-0.1, -0.05) is 34.6 Å². The molecule has 4 aliphatic heterocycles. The molecule has 0 radical (unpaired) electrons. The molecule has 0 aromatic rings. The minimum absolute atomic E-state index is 0.0150. The van der Waals surface area contributed by atoms with Crippen molar-refractivity contribution in [1.29, 1.82) is 0 Å². The summed E-state index contributed by atoms with van der Waals surface area (Å²) in [4.78, 5) is 27.9. The standard InChI is InChI=1S/C37H59N3O4/c1-22-8-13-37(43-21-22)23(2)33-30(44-37)16-36(5)29-7-6-26-14-27(9-11-34(26,3)28(29)10-12-35(33,36)4)39-31(41)15-32(42)40-19-24-17-38-18-25(24)20-40/h22-30,33,38H,6-21H2,1-5H3,(H,39,41)/t22-,23-,24?,25?,26+,27+,28-,29+,30-,33-,34-,35+,36-,37+/m0/s1. The van der Waals surface area contributed by atoms with Gasteiger partial charge in [-0.05, 0) is 115 Å². The Morgan fingerprint density at radius 2 is 1.68 bits per heavy atom. The van der Waals surface area contributed by atoms with Crippen molar-refractivity contribution in [1.82, 2.24) is 15.5 Å². The molecule has 2 unspecified atom stereocenters. The summed E-state index contributed by atoms with van der Waals surface area (Å²) in [5, 5.41) is 6.76. The maximum atomic E-state index is 13.1. The Morgan fingerprint density at radius 1 is 0.909 bits per heavy atom. The lowest BCUT2D eigenvalue weighted by atomic mass is 9.40. The zero-order valence-electron chi connectivity index (χ0n) is 28.2. The first kappa shape index (κ1) is 30.2. The Kier molecular flexibility index (Phi) is 7.14. The average molecular weight is 610 g/mol. The number of rotatable bonds is 3. The van der Waals surface area contributed by atoms with Crippen molar-refractivity contribution in [2.24, 2.45) is 63.6 Å². The van der Waals surface area contributed by atoms with Crippen LogP contribution >= 0.6 is 0 Å². The number of nitrogens with zero attached hydrogens (tertiary/aromatic N) is 1. The van der Waals surface area contributed by atoms with E-state index in [0.717, 1.165) is 63.9 Å². The van der Waals surface area contributed by atoms with E-state index in [0.29, 0.717) is 57.9 Å². The SMILES string of the molecule is C[C@H]1CC[C@@]2(OC1)O[C@H]1C[C@@]3(C)[C@@H]4CC[C@@H]5C[C@H](NC(=O)CC(=O)N6CC7CNCC7C6)CC[C@]5(C)[C@H]4CC[C@]3(C)[C@H]1[C@@H]2C. The second kappa shape index (κ2) is 10.4. The zero-order valence-corrected chi connectivity index (χ0v) is 28.2. The lowest BCUT2D eigenvalue weighted by Gasteiger charge is -2.65. The summed E-state index contributed by atoms with van der Waals surface area (Å²) >= 11 is 0. The number of ether oxygens (including phenoxy) is 2. The van der Waals surface area contributed by atoms with Gasteiger partial charge in [-0.25, -0.2) is 0 Å². The van der Waals surface area contributed by atoms with Crippen LogP contribution < -0.4 is 10.6 Å². The van der Waals surface area contributed by atoms with Crippen LogP contribution in [-0.4, -0.2) is 67.4 Å². The van der Waals surface area contributed by atoms with Crippen LogP contribution in [0.15, 0.2) is 0 Å². The lowest BCUT2D eigenvalue weighted by Crippen LogP contribution is -2.59. The first-order valence-corrected chi connectivity index (χ1v) is 18.6. The molecule has 246 valence electrons.